The topological polar surface area (TPSA) is 92.3 Å². The van der Waals surface area contributed by atoms with Crippen LogP contribution in [0.25, 0.3) is 0 Å². The van der Waals surface area contributed by atoms with Gasteiger partial charge in [0.25, 0.3) is 17.7 Å². The van der Waals surface area contributed by atoms with Gasteiger partial charge in [0.05, 0.1) is 11.1 Å². The summed E-state index contributed by atoms with van der Waals surface area (Å²) < 4.78 is 0. The summed E-state index contributed by atoms with van der Waals surface area (Å²) in [6.45, 7) is 0.198. The number of hydrogen-bond donors (Lipinski definition) is 1. The number of rotatable bonds is 5. The minimum absolute atomic E-state index is 0.198. The zero-order valence-corrected chi connectivity index (χ0v) is 16.0. The SMILES string of the molecule is O=C(Nc1nnc(CCN2C(=O)c3ccccc3C2=O)s1)c1cccc(Cl)c1. The molecule has 0 atom stereocenters. The Labute approximate surface area is 169 Å². The maximum Gasteiger partial charge on any atom is 0.261 e. The largest absolute Gasteiger partial charge is 0.296 e. The van der Waals surface area contributed by atoms with Gasteiger partial charge in [-0.2, -0.15) is 0 Å². The van der Waals surface area contributed by atoms with Gasteiger partial charge in [0.2, 0.25) is 5.13 Å². The van der Waals surface area contributed by atoms with Gasteiger partial charge in [0.15, 0.2) is 0 Å². The Hall–Kier alpha value is -3.10. The minimum atomic E-state index is -0.342. The summed E-state index contributed by atoms with van der Waals surface area (Å²) in [5, 5.41) is 12.0. The second-order valence-corrected chi connectivity index (χ2v) is 7.52. The lowest BCUT2D eigenvalue weighted by molar-refractivity contribution is 0.0655. The van der Waals surface area contributed by atoms with Crippen LogP contribution in [0.15, 0.2) is 48.5 Å². The maximum absolute atomic E-state index is 12.4. The molecule has 0 fully saturated rings. The van der Waals surface area contributed by atoms with Crippen LogP contribution in [-0.2, 0) is 6.42 Å². The van der Waals surface area contributed by atoms with Crippen molar-refractivity contribution in [2.24, 2.45) is 0 Å². The standard InChI is InChI=1S/C19H13ClN4O3S/c20-12-5-3-4-11(10-12)16(25)21-19-23-22-15(28-19)8-9-24-17(26)13-6-1-2-7-14(13)18(24)27/h1-7,10H,8-9H2,(H,21,23,25). The lowest BCUT2D eigenvalue weighted by Crippen LogP contribution is -2.31. The van der Waals surface area contributed by atoms with E-state index in [1.807, 2.05) is 0 Å². The second kappa shape index (κ2) is 7.49. The van der Waals surface area contributed by atoms with Gasteiger partial charge >= 0.3 is 0 Å². The number of fused-ring (bicyclic) bond motifs is 1. The van der Waals surface area contributed by atoms with E-state index in [4.69, 9.17) is 11.6 Å². The van der Waals surface area contributed by atoms with E-state index < -0.39 is 0 Å². The number of nitrogens with one attached hydrogen (secondary N) is 1. The molecule has 0 spiro atoms. The molecule has 0 radical (unpaired) electrons. The highest BCUT2D eigenvalue weighted by molar-refractivity contribution is 7.15. The summed E-state index contributed by atoms with van der Waals surface area (Å²) in [7, 11) is 0. The van der Waals surface area contributed by atoms with Gasteiger partial charge < -0.3 is 0 Å². The molecule has 4 rings (SSSR count). The van der Waals surface area contributed by atoms with Crippen molar-refractivity contribution in [1.82, 2.24) is 15.1 Å². The number of carbonyl (C=O) groups excluding carboxylic acids is 3. The van der Waals surface area contributed by atoms with Gasteiger partial charge in [-0.3, -0.25) is 24.6 Å². The highest BCUT2D eigenvalue weighted by Crippen LogP contribution is 2.24. The number of nitrogens with zero attached hydrogens (tertiary/aromatic N) is 3. The van der Waals surface area contributed by atoms with Crippen molar-refractivity contribution in [2.45, 2.75) is 6.42 Å². The van der Waals surface area contributed by atoms with E-state index in [0.29, 0.717) is 38.3 Å². The smallest absolute Gasteiger partial charge is 0.261 e. The van der Waals surface area contributed by atoms with Gasteiger partial charge in [0, 0.05) is 23.6 Å². The molecule has 9 heteroatoms. The van der Waals surface area contributed by atoms with Crippen molar-refractivity contribution in [1.29, 1.82) is 0 Å². The summed E-state index contributed by atoms with van der Waals surface area (Å²) in [6, 6.07) is 13.3. The molecule has 1 aliphatic rings. The van der Waals surface area contributed by atoms with Gasteiger partial charge in [-0.15, -0.1) is 10.2 Å². The summed E-state index contributed by atoms with van der Waals surface area (Å²) in [4.78, 5) is 38.2. The Kier molecular flexibility index (Phi) is 4.89. The lowest BCUT2D eigenvalue weighted by atomic mass is 10.1. The molecule has 2 heterocycles. The zero-order chi connectivity index (χ0) is 19.7. The quantitative estimate of drug-likeness (QED) is 0.649. The third kappa shape index (κ3) is 3.51. The molecule has 0 saturated heterocycles. The molecule has 0 aliphatic carbocycles. The predicted molar refractivity (Wildman–Crippen MR) is 105 cm³/mol. The number of aromatic nitrogens is 2. The maximum atomic E-state index is 12.4. The third-order valence-electron chi connectivity index (χ3n) is 4.20. The van der Waals surface area contributed by atoms with Crippen molar-refractivity contribution >= 4 is 45.8 Å². The fourth-order valence-corrected chi connectivity index (χ4v) is 3.77. The van der Waals surface area contributed by atoms with E-state index >= 15 is 0 Å². The first-order valence-electron chi connectivity index (χ1n) is 8.37. The minimum Gasteiger partial charge on any atom is -0.296 e. The Morgan fingerprint density at radius 3 is 2.43 bits per heavy atom. The number of amides is 3. The fraction of sp³-hybridized carbons (Fsp3) is 0.105. The molecule has 28 heavy (non-hydrogen) atoms. The Balaban J connectivity index is 1.39. The monoisotopic (exact) mass is 412 g/mol. The van der Waals surface area contributed by atoms with E-state index in [2.05, 4.69) is 15.5 Å². The summed E-state index contributed by atoms with van der Waals surface area (Å²) in [6.07, 6.45) is 0.357. The second-order valence-electron chi connectivity index (χ2n) is 6.02. The number of imide groups is 1. The molecule has 7 nitrogen and oxygen atoms in total. The lowest BCUT2D eigenvalue weighted by Gasteiger charge is -2.12. The van der Waals surface area contributed by atoms with Crippen LogP contribution in [0.5, 0.6) is 0 Å². The first kappa shape index (κ1) is 18.3. The van der Waals surface area contributed by atoms with Crippen LogP contribution in [0.1, 0.15) is 36.1 Å². The highest BCUT2D eigenvalue weighted by atomic mass is 35.5. The average molecular weight is 413 g/mol. The van der Waals surface area contributed by atoms with Gasteiger partial charge in [-0.1, -0.05) is 41.1 Å². The summed E-state index contributed by atoms with van der Waals surface area (Å²) in [5.41, 5.74) is 1.24. The van der Waals surface area contributed by atoms with E-state index in [9.17, 15) is 14.4 Å². The number of anilines is 1. The Bertz CT molecular complexity index is 1060. The van der Waals surface area contributed by atoms with Crippen molar-refractivity contribution in [2.75, 3.05) is 11.9 Å². The van der Waals surface area contributed by atoms with Crippen molar-refractivity contribution in [3.8, 4) is 0 Å². The van der Waals surface area contributed by atoms with E-state index in [1.54, 1.807) is 48.5 Å². The molecule has 1 aliphatic heterocycles. The number of benzene rings is 2. The number of halogens is 1. The van der Waals surface area contributed by atoms with E-state index in [0.717, 1.165) is 0 Å². The molecule has 2 aromatic carbocycles. The van der Waals surface area contributed by atoms with Crippen LogP contribution in [-0.4, -0.2) is 39.4 Å². The van der Waals surface area contributed by atoms with Crippen LogP contribution in [0.4, 0.5) is 5.13 Å². The van der Waals surface area contributed by atoms with Crippen LogP contribution in [0.2, 0.25) is 5.02 Å². The summed E-state index contributed by atoms with van der Waals surface area (Å²) >= 11 is 7.08. The van der Waals surface area contributed by atoms with E-state index in [1.165, 1.54) is 16.2 Å². The molecular formula is C19H13ClN4O3S. The molecule has 0 saturated carbocycles. The summed E-state index contributed by atoms with van der Waals surface area (Å²) in [5.74, 6) is -0.954. The fourth-order valence-electron chi connectivity index (χ4n) is 2.85. The van der Waals surface area contributed by atoms with Gasteiger partial charge in [-0.05, 0) is 30.3 Å². The van der Waals surface area contributed by atoms with Crippen molar-refractivity contribution in [3.63, 3.8) is 0 Å². The Morgan fingerprint density at radius 1 is 1.04 bits per heavy atom. The molecule has 0 bridgehead atoms. The van der Waals surface area contributed by atoms with Crippen LogP contribution >= 0.6 is 22.9 Å². The molecule has 140 valence electrons. The molecule has 3 aromatic rings. The van der Waals surface area contributed by atoms with Crippen LogP contribution in [0, 0.1) is 0 Å². The first-order valence-corrected chi connectivity index (χ1v) is 9.57. The van der Waals surface area contributed by atoms with Crippen molar-refractivity contribution < 1.29 is 14.4 Å². The zero-order valence-electron chi connectivity index (χ0n) is 14.4. The average Bonchev–Trinajstić information content (AvgIpc) is 3.23. The highest BCUT2D eigenvalue weighted by Gasteiger charge is 2.34. The predicted octanol–water partition coefficient (Wildman–Crippen LogP) is 3.28. The molecule has 3 amide bonds. The number of hydrogen-bond acceptors (Lipinski definition) is 6. The normalized spacial score (nSPS) is 13.0. The van der Waals surface area contributed by atoms with Gasteiger partial charge in [-0.25, -0.2) is 0 Å². The number of carbonyl (C=O) groups is 3. The van der Waals surface area contributed by atoms with Crippen molar-refractivity contribution in [3.05, 3.63) is 75.3 Å². The first-order chi connectivity index (χ1) is 13.5. The molecule has 0 unspecified atom stereocenters. The molecule has 1 aromatic heterocycles. The van der Waals surface area contributed by atoms with Crippen LogP contribution in [0.3, 0.4) is 0 Å². The van der Waals surface area contributed by atoms with E-state index in [-0.39, 0.29) is 24.3 Å². The molecular weight excluding hydrogens is 400 g/mol. The molecule has 1 N–H and O–H groups in total. The van der Waals surface area contributed by atoms with Gasteiger partial charge in [0.1, 0.15) is 5.01 Å². The third-order valence-corrected chi connectivity index (χ3v) is 5.34. The van der Waals surface area contributed by atoms with Crippen LogP contribution < -0.4 is 5.32 Å². The Morgan fingerprint density at radius 2 is 1.75 bits per heavy atom.